The minimum absolute atomic E-state index is 0.122. The molecule has 1 aromatic carbocycles. The molecule has 0 aliphatic carbocycles. The maximum absolute atomic E-state index is 12.2. The lowest BCUT2D eigenvalue weighted by Gasteiger charge is -2.06. The highest BCUT2D eigenvalue weighted by Crippen LogP contribution is 2.11. The van der Waals surface area contributed by atoms with Crippen molar-refractivity contribution in [3.63, 3.8) is 0 Å². The Bertz CT molecular complexity index is 548. The molecule has 2 rings (SSSR count). The Morgan fingerprint density at radius 3 is 3.00 bits per heavy atom. The molecule has 2 aromatic rings. The Morgan fingerprint density at radius 1 is 1.44 bits per heavy atom. The van der Waals surface area contributed by atoms with Crippen LogP contribution in [0, 0.1) is 3.57 Å². The molecule has 0 N–H and O–H groups in total. The molecule has 18 heavy (non-hydrogen) atoms. The van der Waals surface area contributed by atoms with E-state index in [1.807, 2.05) is 35.0 Å². The first-order chi connectivity index (χ1) is 8.70. The number of hydrogen-bond acceptors (Lipinski definition) is 2. The van der Waals surface area contributed by atoms with Crippen molar-refractivity contribution in [1.82, 2.24) is 9.55 Å². The fraction of sp³-hybridized carbons (Fsp3) is 0.286. The van der Waals surface area contributed by atoms with E-state index in [0.29, 0.717) is 6.42 Å². The van der Waals surface area contributed by atoms with E-state index in [9.17, 15) is 4.79 Å². The molecule has 1 heterocycles. The molecule has 0 aliphatic heterocycles. The highest BCUT2D eigenvalue weighted by Gasteiger charge is 2.11. The van der Waals surface area contributed by atoms with E-state index in [4.69, 9.17) is 0 Å². The van der Waals surface area contributed by atoms with Crippen LogP contribution in [0.2, 0.25) is 0 Å². The Balaban J connectivity index is 2.14. The second kappa shape index (κ2) is 6.13. The number of rotatable bonds is 5. The van der Waals surface area contributed by atoms with Crippen LogP contribution in [0.3, 0.4) is 0 Å². The number of imidazole rings is 1. The van der Waals surface area contributed by atoms with Gasteiger partial charge >= 0.3 is 0 Å². The SMILES string of the molecule is CCCn1ccnc1CC(=O)c1cccc(I)c1. The predicted octanol–water partition coefficient (Wildman–Crippen LogP) is 3.32. The number of carbonyl (C=O) groups excluding carboxylic acids is 1. The fourth-order valence-corrected chi connectivity index (χ4v) is 2.40. The molecule has 0 aliphatic rings. The first-order valence-corrected chi connectivity index (χ1v) is 7.07. The molecule has 0 radical (unpaired) electrons. The minimum Gasteiger partial charge on any atom is -0.335 e. The van der Waals surface area contributed by atoms with Crippen molar-refractivity contribution < 1.29 is 4.79 Å². The molecule has 0 unspecified atom stereocenters. The highest BCUT2D eigenvalue weighted by molar-refractivity contribution is 14.1. The van der Waals surface area contributed by atoms with Crippen molar-refractivity contribution in [2.45, 2.75) is 26.3 Å². The highest BCUT2D eigenvalue weighted by atomic mass is 127. The van der Waals surface area contributed by atoms with Crippen LogP contribution < -0.4 is 0 Å². The van der Waals surface area contributed by atoms with Crippen molar-refractivity contribution in [1.29, 1.82) is 0 Å². The van der Waals surface area contributed by atoms with Crippen LogP contribution in [0.15, 0.2) is 36.7 Å². The normalized spacial score (nSPS) is 10.6. The third kappa shape index (κ3) is 3.19. The summed E-state index contributed by atoms with van der Waals surface area (Å²) in [5.74, 6) is 0.970. The third-order valence-electron chi connectivity index (χ3n) is 2.73. The number of carbonyl (C=O) groups is 1. The van der Waals surface area contributed by atoms with E-state index in [0.717, 1.165) is 27.9 Å². The van der Waals surface area contributed by atoms with E-state index in [1.54, 1.807) is 6.20 Å². The fourth-order valence-electron chi connectivity index (χ4n) is 1.86. The summed E-state index contributed by atoms with van der Waals surface area (Å²) in [6.07, 6.45) is 5.10. The lowest BCUT2D eigenvalue weighted by Crippen LogP contribution is -2.10. The van der Waals surface area contributed by atoms with Crippen LogP contribution >= 0.6 is 22.6 Å². The summed E-state index contributed by atoms with van der Waals surface area (Å²) < 4.78 is 3.13. The monoisotopic (exact) mass is 354 g/mol. The third-order valence-corrected chi connectivity index (χ3v) is 3.40. The van der Waals surface area contributed by atoms with Crippen LogP contribution in [0.25, 0.3) is 0 Å². The van der Waals surface area contributed by atoms with E-state index in [-0.39, 0.29) is 5.78 Å². The van der Waals surface area contributed by atoms with Gasteiger partial charge in [-0.2, -0.15) is 0 Å². The maximum Gasteiger partial charge on any atom is 0.170 e. The van der Waals surface area contributed by atoms with Gasteiger partial charge in [-0.15, -0.1) is 0 Å². The maximum atomic E-state index is 12.2. The predicted molar refractivity (Wildman–Crippen MR) is 79.7 cm³/mol. The van der Waals surface area contributed by atoms with Crippen molar-refractivity contribution in [2.24, 2.45) is 0 Å². The standard InChI is InChI=1S/C14H15IN2O/c1-2-7-17-8-6-16-14(17)10-13(18)11-4-3-5-12(15)9-11/h3-6,8-9H,2,7,10H2,1H3. The molecule has 0 fully saturated rings. The van der Waals surface area contributed by atoms with Gasteiger partial charge in [-0.1, -0.05) is 19.1 Å². The molecule has 0 spiro atoms. The largest absolute Gasteiger partial charge is 0.335 e. The molecular weight excluding hydrogens is 339 g/mol. The van der Waals surface area contributed by atoms with Gasteiger partial charge in [0.25, 0.3) is 0 Å². The number of halogens is 1. The smallest absolute Gasteiger partial charge is 0.170 e. The van der Waals surface area contributed by atoms with Gasteiger partial charge in [0.1, 0.15) is 5.82 Å². The average Bonchev–Trinajstić information content (AvgIpc) is 2.77. The molecule has 0 atom stereocenters. The number of ketones is 1. The Kier molecular flexibility index (Phi) is 4.52. The summed E-state index contributed by atoms with van der Waals surface area (Å²) in [6, 6.07) is 7.66. The molecule has 94 valence electrons. The van der Waals surface area contributed by atoms with Gasteiger partial charge in [0, 0.05) is 28.1 Å². The zero-order valence-electron chi connectivity index (χ0n) is 10.3. The first-order valence-electron chi connectivity index (χ1n) is 5.99. The number of nitrogens with zero attached hydrogens (tertiary/aromatic N) is 2. The zero-order chi connectivity index (χ0) is 13.0. The van der Waals surface area contributed by atoms with Crippen LogP contribution in [0.4, 0.5) is 0 Å². The van der Waals surface area contributed by atoms with Crippen molar-refractivity contribution in [3.8, 4) is 0 Å². The van der Waals surface area contributed by atoms with Crippen molar-refractivity contribution >= 4 is 28.4 Å². The van der Waals surface area contributed by atoms with Gasteiger partial charge in [0.05, 0.1) is 6.42 Å². The van der Waals surface area contributed by atoms with Gasteiger partial charge in [-0.3, -0.25) is 4.79 Å². The second-order valence-corrected chi connectivity index (χ2v) is 5.39. The summed E-state index contributed by atoms with van der Waals surface area (Å²) in [6.45, 7) is 3.03. The number of aromatic nitrogens is 2. The molecule has 0 saturated carbocycles. The van der Waals surface area contributed by atoms with Gasteiger partial charge in [-0.05, 0) is 41.1 Å². The molecule has 0 amide bonds. The minimum atomic E-state index is 0.122. The number of Topliss-reactive ketones (excluding diaryl/α,β-unsaturated/α-hetero) is 1. The number of aryl methyl sites for hydroxylation is 1. The topological polar surface area (TPSA) is 34.9 Å². The Labute approximate surface area is 120 Å². The van der Waals surface area contributed by atoms with Gasteiger partial charge < -0.3 is 4.57 Å². The van der Waals surface area contributed by atoms with Gasteiger partial charge in [0.15, 0.2) is 5.78 Å². The molecule has 4 heteroatoms. The van der Waals surface area contributed by atoms with Crippen LogP contribution in [-0.2, 0) is 13.0 Å². The number of benzene rings is 1. The number of hydrogen-bond donors (Lipinski definition) is 0. The van der Waals surface area contributed by atoms with Crippen LogP contribution in [0.1, 0.15) is 29.5 Å². The summed E-state index contributed by atoms with van der Waals surface area (Å²) in [4.78, 5) is 16.4. The molecule has 0 saturated heterocycles. The van der Waals surface area contributed by atoms with Gasteiger partial charge in [0.2, 0.25) is 0 Å². The van der Waals surface area contributed by atoms with Crippen LogP contribution in [-0.4, -0.2) is 15.3 Å². The van der Waals surface area contributed by atoms with Crippen molar-refractivity contribution in [2.75, 3.05) is 0 Å². The molecular formula is C14H15IN2O. The van der Waals surface area contributed by atoms with Crippen molar-refractivity contribution in [3.05, 3.63) is 51.6 Å². The zero-order valence-corrected chi connectivity index (χ0v) is 12.4. The Hall–Kier alpha value is -1.17. The average molecular weight is 354 g/mol. The van der Waals surface area contributed by atoms with E-state index < -0.39 is 0 Å². The second-order valence-electron chi connectivity index (χ2n) is 4.15. The molecule has 1 aromatic heterocycles. The lowest BCUT2D eigenvalue weighted by molar-refractivity contribution is 0.0989. The van der Waals surface area contributed by atoms with Crippen LogP contribution in [0.5, 0.6) is 0 Å². The van der Waals surface area contributed by atoms with E-state index in [1.165, 1.54) is 0 Å². The Morgan fingerprint density at radius 2 is 2.28 bits per heavy atom. The van der Waals surface area contributed by atoms with E-state index >= 15 is 0 Å². The quantitative estimate of drug-likeness (QED) is 0.610. The van der Waals surface area contributed by atoms with E-state index in [2.05, 4.69) is 34.5 Å². The molecule has 0 bridgehead atoms. The summed E-state index contributed by atoms with van der Waals surface area (Å²) in [5.41, 5.74) is 0.757. The van der Waals surface area contributed by atoms with Gasteiger partial charge in [-0.25, -0.2) is 4.98 Å². The first kappa shape index (κ1) is 13.3. The molecule has 3 nitrogen and oxygen atoms in total. The summed E-state index contributed by atoms with van der Waals surface area (Å²) in [5, 5.41) is 0. The lowest BCUT2D eigenvalue weighted by atomic mass is 10.1. The summed E-state index contributed by atoms with van der Waals surface area (Å²) in [7, 11) is 0. The summed E-state index contributed by atoms with van der Waals surface area (Å²) >= 11 is 2.22.